The van der Waals surface area contributed by atoms with Gasteiger partial charge in [-0.15, -0.1) is 0 Å². The zero-order valence-corrected chi connectivity index (χ0v) is 10.5. The monoisotopic (exact) mass is 260 g/mol. The van der Waals surface area contributed by atoms with Crippen LogP contribution in [0.2, 0.25) is 0 Å². The molecule has 0 aromatic carbocycles. The molecule has 0 aliphatic carbocycles. The molecule has 1 aliphatic heterocycles. The van der Waals surface area contributed by atoms with Crippen molar-refractivity contribution in [2.24, 2.45) is 0 Å². The molecule has 0 spiro atoms. The summed E-state index contributed by atoms with van der Waals surface area (Å²) in [5, 5.41) is 8.98. The van der Waals surface area contributed by atoms with Crippen molar-refractivity contribution in [3.63, 3.8) is 0 Å². The molecule has 0 fully saturated rings. The summed E-state index contributed by atoms with van der Waals surface area (Å²) in [5.74, 6) is 1.80. The molecule has 0 saturated heterocycles. The Morgan fingerprint density at radius 1 is 1.37 bits per heavy atom. The van der Waals surface area contributed by atoms with Crippen molar-refractivity contribution < 1.29 is 9.52 Å². The molecule has 0 unspecified atom stereocenters. The van der Waals surface area contributed by atoms with Crippen LogP contribution in [0, 0.1) is 0 Å². The summed E-state index contributed by atoms with van der Waals surface area (Å²) >= 11 is 0. The van der Waals surface area contributed by atoms with Crippen molar-refractivity contribution in [3.8, 4) is 0 Å². The van der Waals surface area contributed by atoms with E-state index in [2.05, 4.69) is 14.9 Å². The number of aliphatic hydroxyl groups is 1. The number of nitrogens with two attached hydrogens (primary N) is 1. The molecule has 19 heavy (non-hydrogen) atoms. The van der Waals surface area contributed by atoms with Gasteiger partial charge >= 0.3 is 0 Å². The summed E-state index contributed by atoms with van der Waals surface area (Å²) in [6.45, 7) is 2.38. The van der Waals surface area contributed by atoms with Crippen molar-refractivity contribution in [2.45, 2.75) is 26.1 Å². The van der Waals surface area contributed by atoms with E-state index in [1.54, 1.807) is 12.3 Å². The molecule has 0 amide bonds. The van der Waals surface area contributed by atoms with Gasteiger partial charge in [0.1, 0.15) is 18.1 Å². The van der Waals surface area contributed by atoms with E-state index < -0.39 is 0 Å². The van der Waals surface area contributed by atoms with Gasteiger partial charge in [0.05, 0.1) is 12.2 Å². The van der Waals surface area contributed by atoms with Crippen LogP contribution in [0.5, 0.6) is 0 Å². The number of nitrogens with zero attached hydrogens (tertiary/aromatic N) is 3. The van der Waals surface area contributed by atoms with Crippen LogP contribution in [0.15, 0.2) is 22.7 Å². The summed E-state index contributed by atoms with van der Waals surface area (Å²) in [7, 11) is 0. The second-order valence-electron chi connectivity index (χ2n) is 4.69. The van der Waals surface area contributed by atoms with Crippen molar-refractivity contribution >= 4 is 5.95 Å². The number of furan rings is 1. The highest BCUT2D eigenvalue weighted by atomic mass is 16.4. The minimum atomic E-state index is -0.0596. The van der Waals surface area contributed by atoms with Crippen LogP contribution in [0.25, 0.3) is 0 Å². The van der Waals surface area contributed by atoms with E-state index in [0.717, 1.165) is 43.1 Å². The molecule has 0 saturated carbocycles. The van der Waals surface area contributed by atoms with Gasteiger partial charge in [-0.2, -0.15) is 0 Å². The second-order valence-corrected chi connectivity index (χ2v) is 4.69. The van der Waals surface area contributed by atoms with Crippen LogP contribution in [0.4, 0.5) is 5.95 Å². The minimum Gasteiger partial charge on any atom is -0.462 e. The lowest BCUT2D eigenvalue weighted by Crippen LogP contribution is -2.30. The highest BCUT2D eigenvalue weighted by molar-refractivity contribution is 5.27. The SMILES string of the molecule is Nc1ncc2c(n1)CCN(Cc1ccc(CO)o1)C2. The lowest BCUT2D eigenvalue weighted by molar-refractivity contribution is 0.207. The molecular weight excluding hydrogens is 244 g/mol. The maximum absolute atomic E-state index is 8.98. The minimum absolute atomic E-state index is 0.0596. The first-order chi connectivity index (χ1) is 9.24. The van der Waals surface area contributed by atoms with E-state index >= 15 is 0 Å². The predicted molar refractivity (Wildman–Crippen MR) is 68.9 cm³/mol. The molecule has 0 radical (unpaired) electrons. The first kappa shape index (κ1) is 12.1. The Hall–Kier alpha value is -1.92. The fourth-order valence-corrected chi connectivity index (χ4v) is 2.34. The van der Waals surface area contributed by atoms with Gasteiger partial charge in [0.15, 0.2) is 0 Å². The number of aliphatic hydroxyl groups excluding tert-OH is 1. The molecule has 100 valence electrons. The van der Waals surface area contributed by atoms with Crippen LogP contribution in [-0.2, 0) is 26.1 Å². The molecule has 2 aromatic heterocycles. The van der Waals surface area contributed by atoms with E-state index in [4.69, 9.17) is 15.3 Å². The van der Waals surface area contributed by atoms with Crippen LogP contribution < -0.4 is 5.73 Å². The third-order valence-corrected chi connectivity index (χ3v) is 3.28. The third kappa shape index (κ3) is 2.59. The number of hydrogen-bond donors (Lipinski definition) is 2. The normalized spacial score (nSPS) is 15.4. The smallest absolute Gasteiger partial charge is 0.220 e. The number of aromatic nitrogens is 2. The molecule has 6 nitrogen and oxygen atoms in total. The average Bonchev–Trinajstić information content (AvgIpc) is 2.86. The summed E-state index contributed by atoms with van der Waals surface area (Å²) in [5.41, 5.74) is 7.74. The Kier molecular flexibility index (Phi) is 3.18. The first-order valence-electron chi connectivity index (χ1n) is 6.25. The molecule has 0 atom stereocenters. The zero-order chi connectivity index (χ0) is 13.2. The maximum Gasteiger partial charge on any atom is 0.220 e. The number of fused-ring (bicyclic) bond motifs is 1. The van der Waals surface area contributed by atoms with Gasteiger partial charge < -0.3 is 15.3 Å². The Balaban J connectivity index is 1.70. The number of rotatable bonds is 3. The second kappa shape index (κ2) is 4.99. The van der Waals surface area contributed by atoms with E-state index in [0.29, 0.717) is 11.7 Å². The number of nitrogen functional groups attached to an aromatic ring is 1. The standard InChI is InChI=1S/C13H16N4O2/c14-13-15-5-9-6-17(4-3-12(9)16-13)7-10-1-2-11(8-18)19-10/h1-2,5,18H,3-4,6-8H2,(H2,14,15,16). The topological polar surface area (TPSA) is 88.4 Å². The molecule has 6 heteroatoms. The molecule has 1 aliphatic rings. The quantitative estimate of drug-likeness (QED) is 0.844. The first-order valence-corrected chi connectivity index (χ1v) is 6.25. The van der Waals surface area contributed by atoms with E-state index in [1.807, 2.05) is 6.07 Å². The van der Waals surface area contributed by atoms with Crippen LogP contribution in [0.3, 0.4) is 0 Å². The van der Waals surface area contributed by atoms with Crippen LogP contribution in [-0.4, -0.2) is 26.5 Å². The van der Waals surface area contributed by atoms with E-state index in [9.17, 15) is 0 Å². The lowest BCUT2D eigenvalue weighted by atomic mass is 10.1. The summed E-state index contributed by atoms with van der Waals surface area (Å²) in [6, 6.07) is 3.71. The molecule has 3 heterocycles. The number of hydrogen-bond acceptors (Lipinski definition) is 6. The number of anilines is 1. The lowest BCUT2D eigenvalue weighted by Gasteiger charge is -2.26. The largest absolute Gasteiger partial charge is 0.462 e. The summed E-state index contributed by atoms with van der Waals surface area (Å²) in [6.07, 6.45) is 2.67. The average molecular weight is 260 g/mol. The Bertz CT molecular complexity index is 582. The molecular formula is C13H16N4O2. The molecule has 0 bridgehead atoms. The van der Waals surface area contributed by atoms with Crippen LogP contribution in [0.1, 0.15) is 22.8 Å². The molecule has 3 N–H and O–H groups in total. The van der Waals surface area contributed by atoms with E-state index in [-0.39, 0.29) is 6.61 Å². The van der Waals surface area contributed by atoms with Gasteiger partial charge in [-0.25, -0.2) is 9.97 Å². The van der Waals surface area contributed by atoms with Gasteiger partial charge in [0.2, 0.25) is 5.95 Å². The van der Waals surface area contributed by atoms with Crippen molar-refractivity contribution in [2.75, 3.05) is 12.3 Å². The third-order valence-electron chi connectivity index (χ3n) is 3.28. The van der Waals surface area contributed by atoms with Gasteiger partial charge in [-0.3, -0.25) is 4.90 Å². The van der Waals surface area contributed by atoms with Gasteiger partial charge in [-0.05, 0) is 12.1 Å². The van der Waals surface area contributed by atoms with Crippen molar-refractivity contribution in [1.29, 1.82) is 0 Å². The van der Waals surface area contributed by atoms with E-state index in [1.165, 1.54) is 0 Å². The Morgan fingerprint density at radius 3 is 3.00 bits per heavy atom. The molecule has 3 rings (SSSR count). The van der Waals surface area contributed by atoms with Gasteiger partial charge in [0, 0.05) is 31.3 Å². The Labute approximate surface area is 110 Å². The fourth-order valence-electron chi connectivity index (χ4n) is 2.34. The van der Waals surface area contributed by atoms with Crippen molar-refractivity contribution in [3.05, 3.63) is 41.1 Å². The predicted octanol–water partition coefficient (Wildman–Crippen LogP) is 0.702. The molecule has 2 aromatic rings. The summed E-state index contributed by atoms with van der Waals surface area (Å²) in [4.78, 5) is 10.6. The highest BCUT2D eigenvalue weighted by Crippen LogP contribution is 2.19. The summed E-state index contributed by atoms with van der Waals surface area (Å²) < 4.78 is 5.50. The zero-order valence-electron chi connectivity index (χ0n) is 10.5. The highest BCUT2D eigenvalue weighted by Gasteiger charge is 2.19. The maximum atomic E-state index is 8.98. The van der Waals surface area contributed by atoms with Gasteiger partial charge in [-0.1, -0.05) is 0 Å². The Morgan fingerprint density at radius 2 is 2.21 bits per heavy atom. The van der Waals surface area contributed by atoms with Gasteiger partial charge in [0.25, 0.3) is 0 Å². The van der Waals surface area contributed by atoms with Crippen LogP contribution >= 0.6 is 0 Å². The fraction of sp³-hybridized carbons (Fsp3) is 0.385. The van der Waals surface area contributed by atoms with Crippen molar-refractivity contribution in [1.82, 2.24) is 14.9 Å².